The fourth-order valence-electron chi connectivity index (χ4n) is 2.42. The molecule has 0 aliphatic heterocycles. The SMILES string of the molecule is CC(C)CCOc1ccc(/C=C(\C#N)C(=O)Nc2ccccc2C(F)(F)F)cc1. The standard InChI is InChI=1S/C22H21F3N2O2/c1-15(2)11-12-29-18-9-7-16(8-10-18)13-17(14-26)21(28)27-20-6-4-3-5-19(20)22(23,24)25/h3-10,13,15H,11-12H2,1-2H3,(H,27,28)/b17-13+. The summed E-state index contributed by atoms with van der Waals surface area (Å²) >= 11 is 0. The Balaban J connectivity index is 2.12. The quantitative estimate of drug-likeness (QED) is 0.479. The summed E-state index contributed by atoms with van der Waals surface area (Å²) in [6, 6.07) is 13.1. The van der Waals surface area contributed by atoms with Crippen LogP contribution in [-0.2, 0) is 11.0 Å². The summed E-state index contributed by atoms with van der Waals surface area (Å²) in [5.74, 6) is 0.266. The van der Waals surface area contributed by atoms with Gasteiger partial charge in [-0.25, -0.2) is 0 Å². The van der Waals surface area contributed by atoms with Crippen LogP contribution >= 0.6 is 0 Å². The molecule has 0 aliphatic rings. The minimum atomic E-state index is -4.62. The molecule has 0 saturated carbocycles. The van der Waals surface area contributed by atoms with E-state index in [0.717, 1.165) is 18.6 Å². The zero-order chi connectivity index (χ0) is 21.4. The summed E-state index contributed by atoms with van der Waals surface area (Å²) in [5, 5.41) is 11.4. The van der Waals surface area contributed by atoms with Crippen molar-refractivity contribution in [2.24, 2.45) is 5.92 Å². The molecule has 0 atom stereocenters. The highest BCUT2D eigenvalue weighted by Crippen LogP contribution is 2.34. The van der Waals surface area contributed by atoms with Crippen molar-refractivity contribution in [3.05, 3.63) is 65.2 Å². The third kappa shape index (κ3) is 6.68. The van der Waals surface area contributed by atoms with Crippen LogP contribution in [0.25, 0.3) is 6.08 Å². The largest absolute Gasteiger partial charge is 0.494 e. The van der Waals surface area contributed by atoms with Gasteiger partial charge in [-0.15, -0.1) is 0 Å². The van der Waals surface area contributed by atoms with Gasteiger partial charge in [0.1, 0.15) is 17.4 Å². The van der Waals surface area contributed by atoms with Gasteiger partial charge in [0.25, 0.3) is 5.91 Å². The molecule has 152 valence electrons. The topological polar surface area (TPSA) is 62.1 Å². The minimum Gasteiger partial charge on any atom is -0.494 e. The number of nitriles is 1. The van der Waals surface area contributed by atoms with Gasteiger partial charge in [0.2, 0.25) is 0 Å². The summed E-state index contributed by atoms with van der Waals surface area (Å²) in [6.45, 7) is 4.77. The summed E-state index contributed by atoms with van der Waals surface area (Å²) < 4.78 is 44.8. The maximum absolute atomic E-state index is 13.1. The smallest absolute Gasteiger partial charge is 0.418 e. The van der Waals surface area contributed by atoms with Crippen LogP contribution in [-0.4, -0.2) is 12.5 Å². The number of halogens is 3. The molecule has 29 heavy (non-hydrogen) atoms. The number of carbonyl (C=O) groups excluding carboxylic acids is 1. The maximum atomic E-state index is 13.1. The molecule has 1 N–H and O–H groups in total. The maximum Gasteiger partial charge on any atom is 0.418 e. The number of amides is 1. The lowest BCUT2D eigenvalue weighted by molar-refractivity contribution is -0.137. The van der Waals surface area contributed by atoms with Crippen LogP contribution in [0.3, 0.4) is 0 Å². The zero-order valence-corrected chi connectivity index (χ0v) is 16.1. The molecule has 0 aliphatic carbocycles. The normalized spacial score (nSPS) is 11.8. The Bertz CT molecular complexity index is 911. The Morgan fingerprint density at radius 3 is 2.41 bits per heavy atom. The lowest BCUT2D eigenvalue weighted by atomic mass is 10.1. The predicted molar refractivity (Wildman–Crippen MR) is 105 cm³/mol. The average molecular weight is 402 g/mol. The first-order valence-corrected chi connectivity index (χ1v) is 9.03. The van der Waals surface area contributed by atoms with Gasteiger partial charge in [-0.1, -0.05) is 38.1 Å². The van der Waals surface area contributed by atoms with Crippen molar-refractivity contribution in [2.75, 3.05) is 11.9 Å². The average Bonchev–Trinajstić information content (AvgIpc) is 2.66. The molecule has 0 fully saturated rings. The van der Waals surface area contributed by atoms with E-state index < -0.39 is 23.3 Å². The molecule has 4 nitrogen and oxygen atoms in total. The van der Waals surface area contributed by atoms with Gasteiger partial charge in [0.05, 0.1) is 17.9 Å². The second-order valence-corrected chi connectivity index (χ2v) is 6.77. The van der Waals surface area contributed by atoms with Crippen molar-refractivity contribution >= 4 is 17.7 Å². The van der Waals surface area contributed by atoms with Crippen LogP contribution in [0.5, 0.6) is 5.75 Å². The lowest BCUT2D eigenvalue weighted by Gasteiger charge is -2.13. The number of para-hydroxylation sites is 1. The van der Waals surface area contributed by atoms with Gasteiger partial charge < -0.3 is 10.1 Å². The number of rotatable bonds is 7. The third-order valence-electron chi connectivity index (χ3n) is 4.00. The first-order valence-electron chi connectivity index (χ1n) is 9.03. The predicted octanol–water partition coefficient (Wildman–Crippen LogP) is 5.68. The number of nitrogens with one attached hydrogen (secondary N) is 1. The zero-order valence-electron chi connectivity index (χ0n) is 16.1. The van der Waals surface area contributed by atoms with E-state index >= 15 is 0 Å². The molecule has 2 aromatic carbocycles. The second kappa shape index (κ2) is 9.78. The molecule has 7 heteroatoms. The number of anilines is 1. The van der Waals surface area contributed by atoms with Gasteiger partial charge in [0.15, 0.2) is 0 Å². The van der Waals surface area contributed by atoms with Crippen molar-refractivity contribution in [1.29, 1.82) is 5.26 Å². The Hall–Kier alpha value is -3.27. The van der Waals surface area contributed by atoms with E-state index in [4.69, 9.17) is 4.74 Å². The first kappa shape index (κ1) is 22.0. The van der Waals surface area contributed by atoms with Crippen molar-refractivity contribution in [3.63, 3.8) is 0 Å². The molecular weight excluding hydrogens is 381 g/mol. The van der Waals surface area contributed by atoms with Crippen LogP contribution in [0.4, 0.5) is 18.9 Å². The molecule has 2 rings (SSSR count). The number of alkyl halides is 3. The van der Waals surface area contributed by atoms with Gasteiger partial charge in [-0.2, -0.15) is 18.4 Å². The highest BCUT2D eigenvalue weighted by Gasteiger charge is 2.33. The highest BCUT2D eigenvalue weighted by atomic mass is 19.4. The molecule has 2 aromatic rings. The highest BCUT2D eigenvalue weighted by molar-refractivity contribution is 6.10. The van der Waals surface area contributed by atoms with E-state index in [-0.39, 0.29) is 5.57 Å². The summed E-state index contributed by atoms with van der Waals surface area (Å²) in [4.78, 5) is 12.3. The van der Waals surface area contributed by atoms with Gasteiger partial charge in [-0.05, 0) is 48.2 Å². The molecule has 0 unspecified atom stereocenters. The van der Waals surface area contributed by atoms with Gasteiger partial charge >= 0.3 is 6.18 Å². The fourth-order valence-corrected chi connectivity index (χ4v) is 2.42. The van der Waals surface area contributed by atoms with Crippen LogP contribution in [0, 0.1) is 17.2 Å². The molecule has 0 bridgehead atoms. The molecule has 0 saturated heterocycles. The molecule has 0 heterocycles. The van der Waals surface area contributed by atoms with Crippen molar-refractivity contribution < 1.29 is 22.7 Å². The van der Waals surface area contributed by atoms with Crippen LogP contribution in [0.1, 0.15) is 31.4 Å². The van der Waals surface area contributed by atoms with Crippen molar-refractivity contribution in [3.8, 4) is 11.8 Å². The molecule has 1 amide bonds. The first-order chi connectivity index (χ1) is 13.7. The van der Waals surface area contributed by atoms with Crippen molar-refractivity contribution in [2.45, 2.75) is 26.4 Å². The van der Waals surface area contributed by atoms with E-state index in [9.17, 15) is 23.2 Å². The lowest BCUT2D eigenvalue weighted by Crippen LogP contribution is -2.17. The monoisotopic (exact) mass is 402 g/mol. The van der Waals surface area contributed by atoms with Gasteiger partial charge in [0, 0.05) is 0 Å². The summed E-state index contributed by atoms with van der Waals surface area (Å²) in [6.07, 6.45) is -2.39. The van der Waals surface area contributed by atoms with Crippen LogP contribution in [0.2, 0.25) is 0 Å². The van der Waals surface area contributed by atoms with E-state index in [2.05, 4.69) is 19.2 Å². The Labute approximate surface area is 167 Å². The third-order valence-corrected chi connectivity index (χ3v) is 4.00. The second-order valence-electron chi connectivity index (χ2n) is 6.77. The van der Waals surface area contributed by atoms with Crippen molar-refractivity contribution in [1.82, 2.24) is 0 Å². The molecular formula is C22H21F3N2O2. The molecule has 0 radical (unpaired) electrons. The number of benzene rings is 2. The fraction of sp³-hybridized carbons (Fsp3) is 0.273. The van der Waals surface area contributed by atoms with E-state index in [1.807, 2.05) is 0 Å². The number of carbonyl (C=O) groups is 1. The Morgan fingerprint density at radius 1 is 1.17 bits per heavy atom. The van der Waals surface area contributed by atoms with Crippen LogP contribution in [0.15, 0.2) is 54.1 Å². The van der Waals surface area contributed by atoms with E-state index in [1.165, 1.54) is 18.2 Å². The van der Waals surface area contributed by atoms with E-state index in [1.54, 1.807) is 30.3 Å². The molecule has 0 aromatic heterocycles. The number of hydrogen-bond donors (Lipinski definition) is 1. The summed E-state index contributed by atoms with van der Waals surface area (Å²) in [5.41, 5.74) is -1.14. The van der Waals surface area contributed by atoms with E-state index in [0.29, 0.717) is 23.8 Å². The minimum absolute atomic E-state index is 0.310. The number of hydrogen-bond acceptors (Lipinski definition) is 3. The molecule has 0 spiro atoms. The Morgan fingerprint density at radius 2 is 1.83 bits per heavy atom. The Kier molecular flexibility index (Phi) is 7.43. The van der Waals surface area contributed by atoms with Crippen LogP contribution < -0.4 is 10.1 Å². The summed E-state index contributed by atoms with van der Waals surface area (Å²) in [7, 11) is 0. The number of nitrogens with zero attached hydrogens (tertiary/aromatic N) is 1. The number of ether oxygens (including phenoxy) is 1. The van der Waals surface area contributed by atoms with Gasteiger partial charge in [-0.3, -0.25) is 4.79 Å².